The van der Waals surface area contributed by atoms with Crippen molar-refractivity contribution < 1.29 is 14.0 Å². The molecule has 3 aromatic rings. The number of nitrogens with one attached hydrogen (secondary N) is 1. The molecule has 8 heteroatoms. The average Bonchev–Trinajstić information content (AvgIpc) is 3.21. The monoisotopic (exact) mass is 425 g/mol. The number of aryl methyl sites for hydroxylation is 1. The number of fused-ring (bicyclic) bond motifs is 1. The zero-order valence-electron chi connectivity index (χ0n) is 17.7. The van der Waals surface area contributed by atoms with Gasteiger partial charge < -0.3 is 19.8 Å². The molecule has 1 saturated carbocycles. The Morgan fingerprint density at radius 3 is 2.65 bits per heavy atom. The van der Waals surface area contributed by atoms with Gasteiger partial charge in [-0.3, -0.25) is 0 Å². The van der Waals surface area contributed by atoms with Crippen LogP contribution in [0.3, 0.4) is 0 Å². The number of benzene rings is 1. The lowest BCUT2D eigenvalue weighted by atomic mass is 9.91. The summed E-state index contributed by atoms with van der Waals surface area (Å²) >= 11 is 0. The number of anilines is 1. The molecule has 7 nitrogen and oxygen atoms in total. The lowest BCUT2D eigenvalue weighted by Gasteiger charge is -2.38. The SMILES string of the molecule is Cc1nc(-c2cc3ccc(F)cc3nc2N2CCC(N[C@H]3CCCC[C@@H]3O)CC2)no1. The van der Waals surface area contributed by atoms with Gasteiger partial charge in [-0.15, -0.1) is 0 Å². The number of nitrogens with zero attached hydrogens (tertiary/aromatic N) is 4. The first-order valence-electron chi connectivity index (χ1n) is 11.2. The summed E-state index contributed by atoms with van der Waals surface area (Å²) in [5, 5.41) is 18.9. The molecule has 2 N–H and O–H groups in total. The van der Waals surface area contributed by atoms with E-state index in [4.69, 9.17) is 9.51 Å². The predicted octanol–water partition coefficient (Wildman–Crippen LogP) is 3.59. The van der Waals surface area contributed by atoms with Gasteiger partial charge in [-0.2, -0.15) is 4.98 Å². The summed E-state index contributed by atoms with van der Waals surface area (Å²) in [6.07, 6.45) is 5.90. The predicted molar refractivity (Wildman–Crippen MR) is 116 cm³/mol. The van der Waals surface area contributed by atoms with E-state index >= 15 is 0 Å². The highest BCUT2D eigenvalue weighted by Crippen LogP contribution is 2.33. The van der Waals surface area contributed by atoms with Gasteiger partial charge in [0.1, 0.15) is 11.6 Å². The Bertz CT molecular complexity index is 1060. The van der Waals surface area contributed by atoms with Crippen molar-refractivity contribution in [2.45, 2.75) is 63.6 Å². The molecule has 1 aromatic carbocycles. The second-order valence-electron chi connectivity index (χ2n) is 8.72. The molecule has 1 aliphatic carbocycles. The quantitative estimate of drug-likeness (QED) is 0.660. The Morgan fingerprint density at radius 1 is 1.10 bits per heavy atom. The zero-order valence-corrected chi connectivity index (χ0v) is 17.7. The van der Waals surface area contributed by atoms with Gasteiger partial charge in [0, 0.05) is 43.5 Å². The minimum absolute atomic E-state index is 0.199. The number of aliphatic hydroxyl groups excluding tert-OH is 1. The molecule has 1 aliphatic heterocycles. The first-order chi connectivity index (χ1) is 15.1. The van der Waals surface area contributed by atoms with Gasteiger partial charge in [0.05, 0.1) is 17.2 Å². The Kier molecular flexibility index (Phi) is 5.58. The molecular formula is C23H28FN5O2. The highest BCUT2D eigenvalue weighted by molar-refractivity contribution is 5.88. The zero-order chi connectivity index (χ0) is 21.4. The molecule has 0 bridgehead atoms. The Balaban J connectivity index is 1.39. The Hall–Kier alpha value is -2.58. The van der Waals surface area contributed by atoms with Gasteiger partial charge >= 0.3 is 0 Å². The molecule has 2 aromatic heterocycles. The normalized spacial score (nSPS) is 22.9. The van der Waals surface area contributed by atoms with E-state index in [1.54, 1.807) is 13.0 Å². The molecule has 3 heterocycles. The van der Waals surface area contributed by atoms with Gasteiger partial charge in [-0.05, 0) is 43.9 Å². The summed E-state index contributed by atoms with van der Waals surface area (Å²) in [5.41, 5.74) is 1.41. The highest BCUT2D eigenvalue weighted by atomic mass is 19.1. The van der Waals surface area contributed by atoms with E-state index in [9.17, 15) is 9.50 Å². The van der Waals surface area contributed by atoms with E-state index in [0.717, 1.165) is 62.0 Å². The van der Waals surface area contributed by atoms with E-state index in [-0.39, 0.29) is 18.0 Å². The van der Waals surface area contributed by atoms with Crippen LogP contribution < -0.4 is 10.2 Å². The number of hydrogen-bond donors (Lipinski definition) is 2. The number of aliphatic hydroxyl groups is 1. The average molecular weight is 426 g/mol. The topological polar surface area (TPSA) is 87.3 Å². The number of aromatic nitrogens is 3. The summed E-state index contributed by atoms with van der Waals surface area (Å²) in [6, 6.07) is 7.16. The number of pyridine rings is 1. The van der Waals surface area contributed by atoms with Crippen molar-refractivity contribution in [1.82, 2.24) is 20.4 Å². The molecule has 0 radical (unpaired) electrons. The molecule has 5 rings (SSSR count). The van der Waals surface area contributed by atoms with Gasteiger partial charge in [0.25, 0.3) is 0 Å². The fourth-order valence-electron chi connectivity index (χ4n) is 4.81. The summed E-state index contributed by atoms with van der Waals surface area (Å²) in [4.78, 5) is 11.4. The maximum atomic E-state index is 13.8. The molecule has 2 aliphatic rings. The van der Waals surface area contributed by atoms with Gasteiger partial charge in [0.15, 0.2) is 0 Å². The number of halogens is 1. The van der Waals surface area contributed by atoms with Crippen molar-refractivity contribution in [2.24, 2.45) is 0 Å². The van der Waals surface area contributed by atoms with E-state index in [0.29, 0.717) is 23.3 Å². The second kappa shape index (κ2) is 8.51. The van der Waals surface area contributed by atoms with Crippen molar-refractivity contribution >= 4 is 16.7 Å². The standard InChI is InChI=1S/C23H28FN5O2/c1-14-25-22(28-31-14)18-12-15-6-7-16(24)13-20(15)27-23(18)29-10-8-17(9-11-29)26-19-4-2-3-5-21(19)30/h6-7,12-13,17,19,21,26,30H,2-5,8-11H2,1H3/t19-,21-/m0/s1. The first kappa shape index (κ1) is 20.3. The number of hydrogen-bond acceptors (Lipinski definition) is 7. The van der Waals surface area contributed by atoms with Crippen LogP contribution in [0, 0.1) is 12.7 Å². The number of rotatable bonds is 4. The number of piperidine rings is 1. The smallest absolute Gasteiger partial charge is 0.223 e. The van der Waals surface area contributed by atoms with Crippen LogP contribution in [0.25, 0.3) is 22.3 Å². The van der Waals surface area contributed by atoms with Crippen LogP contribution in [-0.4, -0.2) is 51.5 Å². The third-order valence-corrected chi connectivity index (χ3v) is 6.50. The van der Waals surface area contributed by atoms with Crippen LogP contribution in [0.2, 0.25) is 0 Å². The molecule has 0 amide bonds. The highest BCUT2D eigenvalue weighted by Gasteiger charge is 2.29. The molecule has 164 valence electrons. The van der Waals surface area contributed by atoms with E-state index in [1.807, 2.05) is 6.07 Å². The van der Waals surface area contributed by atoms with E-state index in [2.05, 4.69) is 20.4 Å². The van der Waals surface area contributed by atoms with Crippen LogP contribution >= 0.6 is 0 Å². The Labute approximate surface area is 180 Å². The first-order valence-corrected chi connectivity index (χ1v) is 11.2. The fourth-order valence-corrected chi connectivity index (χ4v) is 4.81. The largest absolute Gasteiger partial charge is 0.392 e. The Morgan fingerprint density at radius 2 is 1.90 bits per heavy atom. The molecule has 0 spiro atoms. The van der Waals surface area contributed by atoms with E-state index in [1.165, 1.54) is 18.6 Å². The van der Waals surface area contributed by atoms with Crippen LogP contribution in [0.15, 0.2) is 28.8 Å². The summed E-state index contributed by atoms with van der Waals surface area (Å²) in [6.45, 7) is 3.40. The van der Waals surface area contributed by atoms with Crippen molar-refractivity contribution in [3.05, 3.63) is 36.0 Å². The summed E-state index contributed by atoms with van der Waals surface area (Å²) < 4.78 is 19.0. The van der Waals surface area contributed by atoms with Gasteiger partial charge in [-0.25, -0.2) is 9.37 Å². The summed E-state index contributed by atoms with van der Waals surface area (Å²) in [5.74, 6) is 1.45. The molecule has 0 unspecified atom stereocenters. The maximum Gasteiger partial charge on any atom is 0.223 e. The molecule has 2 atom stereocenters. The second-order valence-corrected chi connectivity index (χ2v) is 8.72. The lowest BCUT2D eigenvalue weighted by Crippen LogP contribution is -2.51. The fraction of sp³-hybridized carbons (Fsp3) is 0.522. The van der Waals surface area contributed by atoms with Crippen LogP contribution in [0.1, 0.15) is 44.4 Å². The molecule has 2 fully saturated rings. The van der Waals surface area contributed by atoms with Crippen molar-refractivity contribution in [3.8, 4) is 11.4 Å². The summed E-state index contributed by atoms with van der Waals surface area (Å²) in [7, 11) is 0. The molecule has 1 saturated heterocycles. The van der Waals surface area contributed by atoms with Crippen LogP contribution in [-0.2, 0) is 0 Å². The van der Waals surface area contributed by atoms with Gasteiger partial charge in [-0.1, -0.05) is 18.0 Å². The van der Waals surface area contributed by atoms with Crippen molar-refractivity contribution in [1.29, 1.82) is 0 Å². The minimum Gasteiger partial charge on any atom is -0.392 e. The molecular weight excluding hydrogens is 397 g/mol. The van der Waals surface area contributed by atoms with Crippen LogP contribution in [0.4, 0.5) is 10.2 Å². The third kappa shape index (κ3) is 4.27. The minimum atomic E-state index is -0.303. The van der Waals surface area contributed by atoms with Gasteiger partial charge in [0.2, 0.25) is 11.7 Å². The van der Waals surface area contributed by atoms with E-state index < -0.39 is 0 Å². The van der Waals surface area contributed by atoms with Crippen molar-refractivity contribution in [3.63, 3.8) is 0 Å². The maximum absolute atomic E-state index is 13.8. The third-order valence-electron chi connectivity index (χ3n) is 6.50. The molecule has 31 heavy (non-hydrogen) atoms. The van der Waals surface area contributed by atoms with Crippen LogP contribution in [0.5, 0.6) is 0 Å². The van der Waals surface area contributed by atoms with Crippen molar-refractivity contribution in [2.75, 3.05) is 18.0 Å². The lowest BCUT2D eigenvalue weighted by molar-refractivity contribution is 0.0828.